The highest BCUT2D eigenvalue weighted by molar-refractivity contribution is 5.47. The van der Waals surface area contributed by atoms with Crippen LogP contribution in [0, 0.1) is 0 Å². The Morgan fingerprint density at radius 1 is 1.26 bits per heavy atom. The number of anilines is 1. The van der Waals surface area contributed by atoms with Crippen molar-refractivity contribution >= 4 is 5.82 Å². The molecular weight excluding hydrogens is 244 g/mol. The van der Waals surface area contributed by atoms with E-state index in [9.17, 15) is 5.11 Å². The van der Waals surface area contributed by atoms with Gasteiger partial charge in [-0.2, -0.15) is 0 Å². The Labute approximate surface area is 115 Å². The van der Waals surface area contributed by atoms with Crippen molar-refractivity contribution in [1.82, 2.24) is 4.98 Å². The minimum atomic E-state index is -0.531. The third-order valence-electron chi connectivity index (χ3n) is 2.91. The van der Waals surface area contributed by atoms with Crippen molar-refractivity contribution in [2.24, 2.45) is 0 Å². The predicted molar refractivity (Wildman–Crippen MR) is 75.5 cm³/mol. The second-order valence-electron chi connectivity index (χ2n) is 4.42. The minimum Gasteiger partial charge on any atom is -0.389 e. The number of methoxy groups -OCH3 is 2. The Hall–Kier alpha value is -1.17. The Morgan fingerprint density at radius 3 is 2.63 bits per heavy atom. The molecule has 5 heteroatoms. The SMILES string of the molecule is COCCCN(CCOC)c1ncccc1[C@H](C)O. The van der Waals surface area contributed by atoms with Crippen LogP contribution < -0.4 is 4.90 Å². The van der Waals surface area contributed by atoms with Crippen LogP contribution >= 0.6 is 0 Å². The third kappa shape index (κ3) is 5.14. The molecule has 0 aliphatic rings. The van der Waals surface area contributed by atoms with E-state index in [0.29, 0.717) is 13.2 Å². The highest BCUT2D eigenvalue weighted by atomic mass is 16.5. The number of ether oxygens (including phenoxy) is 2. The van der Waals surface area contributed by atoms with Gasteiger partial charge in [-0.05, 0) is 19.4 Å². The predicted octanol–water partition coefficient (Wildman–Crippen LogP) is 1.62. The summed E-state index contributed by atoms with van der Waals surface area (Å²) in [7, 11) is 3.38. The van der Waals surface area contributed by atoms with Gasteiger partial charge in [0.2, 0.25) is 0 Å². The fourth-order valence-electron chi connectivity index (χ4n) is 1.92. The Bertz CT molecular complexity index is 358. The molecule has 1 atom stereocenters. The van der Waals surface area contributed by atoms with Crippen molar-refractivity contribution in [2.75, 3.05) is 45.4 Å². The number of hydrogen-bond acceptors (Lipinski definition) is 5. The first-order valence-electron chi connectivity index (χ1n) is 6.56. The zero-order valence-electron chi connectivity index (χ0n) is 12.0. The molecule has 0 spiro atoms. The van der Waals surface area contributed by atoms with Gasteiger partial charge < -0.3 is 19.5 Å². The van der Waals surface area contributed by atoms with Gasteiger partial charge in [0.05, 0.1) is 12.7 Å². The van der Waals surface area contributed by atoms with Gasteiger partial charge in [0.1, 0.15) is 5.82 Å². The molecule has 1 heterocycles. The highest BCUT2D eigenvalue weighted by Gasteiger charge is 2.15. The summed E-state index contributed by atoms with van der Waals surface area (Å²) in [6.07, 6.45) is 2.13. The topological polar surface area (TPSA) is 54.8 Å². The van der Waals surface area contributed by atoms with Crippen molar-refractivity contribution in [3.63, 3.8) is 0 Å². The maximum atomic E-state index is 9.83. The van der Waals surface area contributed by atoms with Gasteiger partial charge in [0, 0.05) is 45.7 Å². The largest absolute Gasteiger partial charge is 0.389 e. The average molecular weight is 268 g/mol. The lowest BCUT2D eigenvalue weighted by molar-refractivity contribution is 0.189. The summed E-state index contributed by atoms with van der Waals surface area (Å²) in [6, 6.07) is 3.75. The van der Waals surface area contributed by atoms with Crippen LogP contribution in [0.3, 0.4) is 0 Å². The molecule has 0 unspecified atom stereocenters. The van der Waals surface area contributed by atoms with Crippen LogP contribution in [0.2, 0.25) is 0 Å². The Kier molecular flexibility index (Phi) is 7.40. The fraction of sp³-hybridized carbons (Fsp3) is 0.643. The van der Waals surface area contributed by atoms with Crippen molar-refractivity contribution in [3.8, 4) is 0 Å². The molecule has 5 nitrogen and oxygen atoms in total. The van der Waals surface area contributed by atoms with Gasteiger partial charge in [-0.1, -0.05) is 6.07 Å². The average Bonchev–Trinajstić information content (AvgIpc) is 2.42. The van der Waals surface area contributed by atoms with Gasteiger partial charge in [-0.25, -0.2) is 4.98 Å². The summed E-state index contributed by atoms with van der Waals surface area (Å²) in [5.74, 6) is 0.825. The van der Waals surface area contributed by atoms with Crippen molar-refractivity contribution in [2.45, 2.75) is 19.4 Å². The summed E-state index contributed by atoms with van der Waals surface area (Å²) >= 11 is 0. The van der Waals surface area contributed by atoms with Gasteiger partial charge in [-0.3, -0.25) is 0 Å². The summed E-state index contributed by atoms with van der Waals surface area (Å²) in [4.78, 5) is 6.53. The van der Waals surface area contributed by atoms with E-state index in [1.165, 1.54) is 0 Å². The molecule has 19 heavy (non-hydrogen) atoms. The van der Waals surface area contributed by atoms with E-state index in [4.69, 9.17) is 9.47 Å². The number of aliphatic hydroxyl groups is 1. The molecule has 0 saturated heterocycles. The van der Waals surface area contributed by atoms with Crippen LogP contribution in [-0.4, -0.2) is 50.6 Å². The van der Waals surface area contributed by atoms with Crippen LogP contribution in [0.15, 0.2) is 18.3 Å². The van der Waals surface area contributed by atoms with E-state index in [0.717, 1.165) is 30.9 Å². The first kappa shape index (κ1) is 15.9. The smallest absolute Gasteiger partial charge is 0.134 e. The zero-order chi connectivity index (χ0) is 14.1. The molecule has 0 bridgehead atoms. The van der Waals surface area contributed by atoms with Crippen molar-refractivity contribution in [3.05, 3.63) is 23.9 Å². The molecule has 0 aliphatic carbocycles. The Morgan fingerprint density at radius 2 is 2.00 bits per heavy atom. The van der Waals surface area contributed by atoms with E-state index < -0.39 is 6.10 Å². The van der Waals surface area contributed by atoms with Crippen molar-refractivity contribution in [1.29, 1.82) is 0 Å². The molecule has 0 aromatic carbocycles. The Balaban J connectivity index is 2.82. The van der Waals surface area contributed by atoms with Crippen LogP contribution in [0.25, 0.3) is 0 Å². The number of aliphatic hydroxyl groups excluding tert-OH is 1. The summed E-state index contributed by atoms with van der Waals surface area (Å²) < 4.78 is 10.2. The van der Waals surface area contributed by atoms with Crippen LogP contribution in [0.5, 0.6) is 0 Å². The first-order chi connectivity index (χ1) is 9.20. The molecule has 0 amide bonds. The number of aromatic nitrogens is 1. The monoisotopic (exact) mass is 268 g/mol. The lowest BCUT2D eigenvalue weighted by Gasteiger charge is -2.26. The first-order valence-corrected chi connectivity index (χ1v) is 6.56. The van der Waals surface area contributed by atoms with E-state index >= 15 is 0 Å². The summed E-state index contributed by atoms with van der Waals surface area (Å²) in [6.45, 7) is 4.66. The molecule has 0 saturated carbocycles. The van der Waals surface area contributed by atoms with Gasteiger partial charge in [0.25, 0.3) is 0 Å². The maximum Gasteiger partial charge on any atom is 0.134 e. The van der Waals surface area contributed by atoms with Crippen molar-refractivity contribution < 1.29 is 14.6 Å². The quantitative estimate of drug-likeness (QED) is 0.690. The normalized spacial score (nSPS) is 12.4. The van der Waals surface area contributed by atoms with Crippen LogP contribution in [0.1, 0.15) is 25.0 Å². The number of pyridine rings is 1. The van der Waals surface area contributed by atoms with Gasteiger partial charge in [0.15, 0.2) is 0 Å². The maximum absolute atomic E-state index is 9.83. The number of rotatable bonds is 9. The molecule has 0 aliphatic heterocycles. The highest BCUT2D eigenvalue weighted by Crippen LogP contribution is 2.23. The molecule has 0 radical (unpaired) electrons. The van der Waals surface area contributed by atoms with Crippen LogP contribution in [0.4, 0.5) is 5.82 Å². The second kappa shape index (κ2) is 8.85. The van der Waals surface area contributed by atoms with E-state index in [1.807, 2.05) is 12.1 Å². The molecule has 1 aromatic heterocycles. The van der Waals surface area contributed by atoms with Crippen LogP contribution in [-0.2, 0) is 9.47 Å². The molecule has 1 aromatic rings. The molecule has 0 fully saturated rings. The molecule has 1 rings (SSSR count). The molecular formula is C14H24N2O3. The van der Waals surface area contributed by atoms with E-state index in [-0.39, 0.29) is 0 Å². The lowest BCUT2D eigenvalue weighted by Crippen LogP contribution is -2.31. The number of hydrogen-bond donors (Lipinski definition) is 1. The second-order valence-corrected chi connectivity index (χ2v) is 4.42. The zero-order valence-corrected chi connectivity index (χ0v) is 12.0. The molecule has 108 valence electrons. The summed E-state index contributed by atoms with van der Waals surface area (Å²) in [5, 5.41) is 9.83. The van der Waals surface area contributed by atoms with E-state index in [1.54, 1.807) is 27.3 Å². The molecule has 1 N–H and O–H groups in total. The number of nitrogens with zero attached hydrogens (tertiary/aromatic N) is 2. The third-order valence-corrected chi connectivity index (χ3v) is 2.91. The van der Waals surface area contributed by atoms with Gasteiger partial charge >= 0.3 is 0 Å². The standard InChI is InChI=1S/C14H24N2O3/c1-12(17)13-6-4-7-15-14(13)16(9-11-19-3)8-5-10-18-2/h4,6-7,12,17H,5,8-11H2,1-3H3/t12-/m0/s1. The minimum absolute atomic E-state index is 0.531. The van der Waals surface area contributed by atoms with E-state index in [2.05, 4.69) is 9.88 Å². The summed E-state index contributed by atoms with van der Waals surface area (Å²) in [5.41, 5.74) is 0.844. The lowest BCUT2D eigenvalue weighted by atomic mass is 10.1. The fourth-order valence-corrected chi connectivity index (χ4v) is 1.92. The van der Waals surface area contributed by atoms with Gasteiger partial charge in [-0.15, -0.1) is 0 Å².